The number of alkyl carbamates (subject to hydrolysis) is 1. The van der Waals surface area contributed by atoms with Crippen LogP contribution in [-0.4, -0.2) is 54.9 Å². The van der Waals surface area contributed by atoms with Crippen molar-refractivity contribution < 1.29 is 23.1 Å². The smallest absolute Gasteiger partial charge is 0.407 e. The van der Waals surface area contributed by atoms with Gasteiger partial charge < -0.3 is 15.2 Å². The van der Waals surface area contributed by atoms with Gasteiger partial charge in [-0.3, -0.25) is 0 Å². The number of thioether (sulfide) groups is 1. The van der Waals surface area contributed by atoms with Gasteiger partial charge >= 0.3 is 6.09 Å². The molecule has 2 atom stereocenters. The van der Waals surface area contributed by atoms with Gasteiger partial charge in [0.15, 0.2) is 0 Å². The van der Waals surface area contributed by atoms with Gasteiger partial charge in [-0.2, -0.15) is 4.31 Å². The normalized spacial score (nSPS) is 13.0. The van der Waals surface area contributed by atoms with E-state index < -0.39 is 28.3 Å². The van der Waals surface area contributed by atoms with E-state index in [1.165, 1.54) is 28.2 Å². The maximum atomic E-state index is 13.5. The molecule has 0 aliphatic heterocycles. The number of nitrogens with one attached hydrogen (secondary N) is 1. The second-order valence-corrected chi connectivity index (χ2v) is 11.6. The van der Waals surface area contributed by atoms with Crippen LogP contribution in [0.5, 0.6) is 0 Å². The van der Waals surface area contributed by atoms with E-state index >= 15 is 0 Å². The highest BCUT2D eigenvalue weighted by Crippen LogP contribution is 2.19. The lowest BCUT2D eigenvalue weighted by Gasteiger charge is -2.29. The Kier molecular flexibility index (Phi) is 11.9. The molecule has 2 N–H and O–H groups in total. The fourth-order valence-corrected chi connectivity index (χ4v) is 5.84. The molecule has 0 bridgehead atoms. The van der Waals surface area contributed by atoms with Crippen LogP contribution in [0, 0.1) is 0 Å². The van der Waals surface area contributed by atoms with Crippen LogP contribution in [0.4, 0.5) is 4.79 Å². The SMILES string of the molecule is C=CSCCCN(C[C@@H](O)[C@H](Cc1ccccc1)NC(=O)OCc1ccccc1)S(=O)(=O)c1ccccc1. The van der Waals surface area contributed by atoms with E-state index in [1.54, 1.807) is 23.6 Å². The molecule has 202 valence electrons. The fraction of sp³-hybridized carbons (Fsp3) is 0.276. The quantitative estimate of drug-likeness (QED) is 0.261. The molecule has 9 heteroatoms. The number of sulfonamides is 1. The van der Waals surface area contributed by atoms with Gasteiger partial charge in [-0.05, 0) is 47.3 Å². The van der Waals surface area contributed by atoms with Gasteiger partial charge in [-0.15, -0.1) is 11.8 Å². The summed E-state index contributed by atoms with van der Waals surface area (Å²) in [7, 11) is -3.87. The average Bonchev–Trinajstić information content (AvgIpc) is 2.94. The third-order valence-corrected chi connectivity index (χ3v) is 8.48. The Balaban J connectivity index is 1.77. The molecule has 0 aliphatic carbocycles. The van der Waals surface area contributed by atoms with Crippen LogP contribution in [0.1, 0.15) is 17.5 Å². The van der Waals surface area contributed by atoms with E-state index in [1.807, 2.05) is 60.7 Å². The van der Waals surface area contributed by atoms with E-state index in [0.717, 1.165) is 11.1 Å². The van der Waals surface area contributed by atoms with Crippen LogP contribution in [0.15, 0.2) is 108 Å². The number of hydrogen-bond acceptors (Lipinski definition) is 6. The van der Waals surface area contributed by atoms with Crippen molar-refractivity contribution in [3.63, 3.8) is 0 Å². The highest BCUT2D eigenvalue weighted by atomic mass is 32.2. The number of ether oxygens (including phenoxy) is 1. The summed E-state index contributed by atoms with van der Waals surface area (Å²) in [6, 6.07) is 26.1. The van der Waals surface area contributed by atoms with Crippen LogP contribution in [0.25, 0.3) is 0 Å². The highest BCUT2D eigenvalue weighted by Gasteiger charge is 2.30. The number of aliphatic hydroxyl groups excluding tert-OH is 1. The number of hydrogen-bond donors (Lipinski definition) is 2. The topological polar surface area (TPSA) is 95.9 Å². The third kappa shape index (κ3) is 9.33. The summed E-state index contributed by atoms with van der Waals surface area (Å²) < 4.78 is 33.6. The summed E-state index contributed by atoms with van der Waals surface area (Å²) in [4.78, 5) is 12.8. The standard InChI is InChI=1S/C29H34N2O5S2/c1-2-37-20-12-19-31(38(34,35)26-17-10-5-11-18-26)22-28(32)27(21-24-13-6-3-7-14-24)30-29(33)36-23-25-15-8-4-9-16-25/h2-11,13-18,27-28,32H,1,12,19-23H2,(H,30,33)/t27-,28+/m0/s1. The molecule has 38 heavy (non-hydrogen) atoms. The third-order valence-electron chi connectivity index (χ3n) is 5.84. The summed E-state index contributed by atoms with van der Waals surface area (Å²) in [6.45, 7) is 3.79. The highest BCUT2D eigenvalue weighted by molar-refractivity contribution is 8.02. The first-order chi connectivity index (χ1) is 18.4. The molecule has 3 aromatic carbocycles. The lowest BCUT2D eigenvalue weighted by molar-refractivity contribution is 0.0889. The molecule has 0 unspecified atom stereocenters. The number of carbonyl (C=O) groups excluding carboxylic acids is 1. The van der Waals surface area contributed by atoms with Gasteiger partial charge in [0.05, 0.1) is 17.0 Å². The summed E-state index contributed by atoms with van der Waals surface area (Å²) in [6.07, 6.45) is -1.00. The zero-order valence-electron chi connectivity index (χ0n) is 21.2. The number of carbonyl (C=O) groups is 1. The van der Waals surface area contributed by atoms with Crippen molar-refractivity contribution in [2.75, 3.05) is 18.8 Å². The molecule has 0 saturated heterocycles. The Morgan fingerprint density at radius 3 is 2.16 bits per heavy atom. The van der Waals surface area contributed by atoms with Gasteiger partial charge in [0.1, 0.15) is 6.61 Å². The van der Waals surface area contributed by atoms with Gasteiger partial charge in [0.25, 0.3) is 0 Å². The first kappa shape index (κ1) is 29.4. The van der Waals surface area contributed by atoms with Crippen molar-refractivity contribution in [1.29, 1.82) is 0 Å². The van der Waals surface area contributed by atoms with E-state index in [2.05, 4.69) is 11.9 Å². The minimum Gasteiger partial charge on any atom is -0.445 e. The molecule has 1 amide bonds. The second-order valence-electron chi connectivity index (χ2n) is 8.64. The Labute approximate surface area is 229 Å². The largest absolute Gasteiger partial charge is 0.445 e. The van der Waals surface area contributed by atoms with E-state index in [9.17, 15) is 18.3 Å². The Hall–Kier alpha value is -3.11. The minimum absolute atomic E-state index is 0.0797. The van der Waals surface area contributed by atoms with Gasteiger partial charge in [0, 0.05) is 13.1 Å². The van der Waals surface area contributed by atoms with Crippen molar-refractivity contribution in [1.82, 2.24) is 9.62 Å². The van der Waals surface area contributed by atoms with Crippen molar-refractivity contribution in [2.24, 2.45) is 0 Å². The van der Waals surface area contributed by atoms with Crippen LogP contribution >= 0.6 is 11.8 Å². The van der Waals surface area contributed by atoms with Gasteiger partial charge in [-0.1, -0.05) is 85.4 Å². The monoisotopic (exact) mass is 554 g/mol. The summed E-state index contributed by atoms with van der Waals surface area (Å²) >= 11 is 1.50. The molecular weight excluding hydrogens is 520 g/mol. The molecule has 0 aliphatic rings. The Morgan fingerprint density at radius 2 is 1.55 bits per heavy atom. The number of aliphatic hydroxyl groups is 1. The number of nitrogens with zero attached hydrogens (tertiary/aromatic N) is 1. The predicted octanol–water partition coefficient (Wildman–Crippen LogP) is 4.84. The lowest BCUT2D eigenvalue weighted by atomic mass is 10.0. The van der Waals surface area contributed by atoms with Crippen LogP contribution < -0.4 is 5.32 Å². The van der Waals surface area contributed by atoms with Crippen molar-refractivity contribution in [2.45, 2.75) is 36.5 Å². The molecule has 7 nitrogen and oxygen atoms in total. The molecule has 3 rings (SSSR count). The lowest BCUT2D eigenvalue weighted by Crippen LogP contribution is -2.50. The van der Waals surface area contributed by atoms with Crippen LogP contribution in [0.3, 0.4) is 0 Å². The van der Waals surface area contributed by atoms with E-state index in [-0.39, 0.29) is 24.6 Å². The van der Waals surface area contributed by atoms with Gasteiger partial charge in [-0.25, -0.2) is 13.2 Å². The maximum Gasteiger partial charge on any atom is 0.407 e. The second kappa shape index (κ2) is 15.3. The molecule has 0 fully saturated rings. The van der Waals surface area contributed by atoms with Crippen molar-refractivity contribution in [3.8, 4) is 0 Å². The summed E-state index contributed by atoms with van der Waals surface area (Å²) in [5, 5.41) is 15.8. The molecule has 0 aromatic heterocycles. The van der Waals surface area contributed by atoms with Crippen LogP contribution in [0.2, 0.25) is 0 Å². The Bertz CT molecular complexity index is 1230. The molecule has 0 spiro atoms. The number of benzene rings is 3. The summed E-state index contributed by atoms with van der Waals surface area (Å²) in [5.41, 5.74) is 1.72. The summed E-state index contributed by atoms with van der Waals surface area (Å²) in [5.74, 6) is 0.692. The van der Waals surface area contributed by atoms with Crippen LogP contribution in [-0.2, 0) is 27.8 Å². The van der Waals surface area contributed by atoms with Crippen molar-refractivity contribution >= 4 is 27.9 Å². The zero-order chi connectivity index (χ0) is 27.2. The van der Waals surface area contributed by atoms with Crippen molar-refractivity contribution in [3.05, 3.63) is 114 Å². The molecule has 0 heterocycles. The molecule has 3 aromatic rings. The minimum atomic E-state index is -3.87. The number of amides is 1. The molecule has 0 radical (unpaired) electrons. The first-order valence-electron chi connectivity index (χ1n) is 12.4. The molecular formula is C29H34N2O5S2. The van der Waals surface area contributed by atoms with E-state index in [4.69, 9.17) is 4.74 Å². The fourth-order valence-electron chi connectivity index (χ4n) is 3.86. The molecule has 0 saturated carbocycles. The van der Waals surface area contributed by atoms with E-state index in [0.29, 0.717) is 18.6 Å². The first-order valence-corrected chi connectivity index (χ1v) is 14.9. The maximum absolute atomic E-state index is 13.5. The van der Waals surface area contributed by atoms with Gasteiger partial charge in [0.2, 0.25) is 10.0 Å². The number of rotatable bonds is 15. The predicted molar refractivity (Wildman–Crippen MR) is 152 cm³/mol. The Morgan fingerprint density at radius 1 is 0.974 bits per heavy atom. The zero-order valence-corrected chi connectivity index (χ0v) is 22.8. The average molecular weight is 555 g/mol.